The van der Waals surface area contributed by atoms with Gasteiger partial charge >= 0.3 is 0 Å². The summed E-state index contributed by atoms with van der Waals surface area (Å²) < 4.78 is 7.24. The van der Waals surface area contributed by atoms with Crippen LogP contribution in [0.1, 0.15) is 18.3 Å². The average molecular weight is 491 g/mol. The maximum atomic E-state index is 12.1. The van der Waals surface area contributed by atoms with Gasteiger partial charge < -0.3 is 9.30 Å². The van der Waals surface area contributed by atoms with E-state index < -0.39 is 4.75 Å². The molecule has 1 N–H and O–H groups in total. The summed E-state index contributed by atoms with van der Waals surface area (Å²) in [5, 5.41) is 3.01. The molecule has 0 aliphatic carbocycles. The van der Waals surface area contributed by atoms with E-state index in [4.69, 9.17) is 9.72 Å². The molecule has 7 nitrogen and oxygen atoms in total. The first kappa shape index (κ1) is 22.5. The average Bonchev–Trinajstić information content (AvgIpc) is 3.27. The number of pyridine rings is 1. The van der Waals surface area contributed by atoms with Gasteiger partial charge in [0.05, 0.1) is 11.0 Å². The fourth-order valence-corrected chi connectivity index (χ4v) is 5.54. The third kappa shape index (κ3) is 4.67. The van der Waals surface area contributed by atoms with Crippen LogP contribution in [0.5, 0.6) is 5.75 Å². The van der Waals surface area contributed by atoms with Gasteiger partial charge in [-0.3, -0.25) is 14.9 Å². The highest BCUT2D eigenvalue weighted by Crippen LogP contribution is 2.35. The lowest BCUT2D eigenvalue weighted by Crippen LogP contribution is -2.35. The zero-order chi connectivity index (χ0) is 23.7. The monoisotopic (exact) mass is 490 g/mol. The van der Waals surface area contributed by atoms with Crippen molar-refractivity contribution in [3.8, 4) is 5.75 Å². The second-order valence-corrected chi connectivity index (χ2v) is 10.8. The third-order valence-corrected chi connectivity index (χ3v) is 7.66. The van der Waals surface area contributed by atoms with Gasteiger partial charge in [-0.25, -0.2) is 9.97 Å². The number of imidazole rings is 1. The Hall–Kier alpha value is -3.30. The summed E-state index contributed by atoms with van der Waals surface area (Å²) in [5.41, 5.74) is 2.91. The molecule has 0 saturated carbocycles. The number of carbonyl (C=O) groups is 2. The Balaban J connectivity index is 1.25. The van der Waals surface area contributed by atoms with Crippen molar-refractivity contribution in [2.24, 2.45) is 7.05 Å². The molecule has 3 heterocycles. The number of ether oxygens (including phenoxy) is 1. The molecule has 2 aromatic carbocycles. The summed E-state index contributed by atoms with van der Waals surface area (Å²) in [6.45, 7) is 2.12. The normalized spacial score (nSPS) is 17.8. The predicted octanol–water partition coefficient (Wildman–Crippen LogP) is 4.98. The van der Waals surface area contributed by atoms with E-state index in [0.29, 0.717) is 18.8 Å². The van der Waals surface area contributed by atoms with Crippen molar-refractivity contribution in [1.29, 1.82) is 0 Å². The summed E-state index contributed by atoms with van der Waals surface area (Å²) in [5.74, 6) is 1.29. The van der Waals surface area contributed by atoms with E-state index in [-0.39, 0.29) is 11.1 Å². The number of amides is 2. The zero-order valence-corrected chi connectivity index (χ0v) is 20.3. The standard InChI is InChI=1S/C25H22N4O3S2/c1-25(23(30)28-24(31)34-25)14-16-6-8-17(9-7-16)32-15-21-27-19-11-10-18(13-20(19)29(21)2)33-22-5-3-4-12-26-22/h3-13H,14-15H2,1-2H3,(H,28,30,31)/t25-/m1/s1. The largest absolute Gasteiger partial charge is 0.486 e. The van der Waals surface area contributed by atoms with Crippen LogP contribution in [-0.4, -0.2) is 30.4 Å². The highest BCUT2D eigenvalue weighted by molar-refractivity contribution is 8.16. The van der Waals surface area contributed by atoms with E-state index in [1.807, 2.05) is 60.1 Å². The van der Waals surface area contributed by atoms with Crippen molar-refractivity contribution in [3.63, 3.8) is 0 Å². The molecule has 0 unspecified atom stereocenters. The number of aryl methyl sites for hydroxylation is 1. The Labute approximate surface area is 205 Å². The molecule has 1 atom stereocenters. The minimum absolute atomic E-state index is 0.244. The lowest BCUT2D eigenvalue weighted by Gasteiger charge is -2.18. The lowest BCUT2D eigenvalue weighted by molar-refractivity contribution is -0.121. The molecular weight excluding hydrogens is 468 g/mol. The number of rotatable bonds is 7. The molecule has 34 heavy (non-hydrogen) atoms. The number of imide groups is 1. The Kier molecular flexibility index (Phi) is 6.05. The first-order chi connectivity index (χ1) is 16.4. The van der Waals surface area contributed by atoms with Gasteiger partial charge in [-0.2, -0.15) is 0 Å². The fourth-order valence-electron chi connectivity index (χ4n) is 3.80. The molecule has 2 amide bonds. The number of thioether (sulfide) groups is 1. The van der Waals surface area contributed by atoms with Crippen molar-refractivity contribution in [2.45, 2.75) is 34.6 Å². The molecule has 4 aromatic rings. The summed E-state index contributed by atoms with van der Waals surface area (Å²) >= 11 is 2.65. The van der Waals surface area contributed by atoms with Gasteiger partial charge in [0.1, 0.15) is 28.0 Å². The molecule has 1 aliphatic rings. The van der Waals surface area contributed by atoms with Crippen molar-refractivity contribution in [1.82, 2.24) is 19.9 Å². The number of fused-ring (bicyclic) bond motifs is 1. The Morgan fingerprint density at radius 3 is 2.65 bits per heavy atom. The minimum Gasteiger partial charge on any atom is -0.486 e. The quantitative estimate of drug-likeness (QED) is 0.391. The van der Waals surface area contributed by atoms with E-state index in [1.54, 1.807) is 24.9 Å². The van der Waals surface area contributed by atoms with Crippen LogP contribution in [0.2, 0.25) is 0 Å². The Bertz CT molecular complexity index is 1370. The molecule has 0 radical (unpaired) electrons. The minimum atomic E-state index is -0.778. The maximum Gasteiger partial charge on any atom is 0.286 e. The SMILES string of the molecule is Cn1c(COc2ccc(C[C@@]3(C)SC(=O)NC3=O)cc2)nc2ccc(Sc3ccccn3)cc21. The number of nitrogens with zero attached hydrogens (tertiary/aromatic N) is 3. The molecule has 172 valence electrons. The second-order valence-electron chi connectivity index (χ2n) is 8.19. The second kappa shape index (κ2) is 9.15. The third-order valence-electron chi connectivity index (χ3n) is 5.65. The summed E-state index contributed by atoms with van der Waals surface area (Å²) in [6, 6.07) is 19.7. The van der Waals surface area contributed by atoms with Gasteiger partial charge in [0.2, 0.25) is 5.91 Å². The van der Waals surface area contributed by atoms with Crippen molar-refractivity contribution < 1.29 is 14.3 Å². The van der Waals surface area contributed by atoms with Crippen LogP contribution in [0.25, 0.3) is 11.0 Å². The first-order valence-electron chi connectivity index (χ1n) is 10.7. The number of nitrogens with one attached hydrogen (secondary N) is 1. The smallest absolute Gasteiger partial charge is 0.286 e. The zero-order valence-electron chi connectivity index (χ0n) is 18.6. The van der Waals surface area contributed by atoms with Crippen molar-refractivity contribution in [2.75, 3.05) is 0 Å². The molecule has 0 spiro atoms. The van der Waals surface area contributed by atoms with Gasteiger partial charge in [-0.15, -0.1) is 0 Å². The lowest BCUT2D eigenvalue weighted by atomic mass is 9.99. The topological polar surface area (TPSA) is 86.1 Å². The highest BCUT2D eigenvalue weighted by Gasteiger charge is 2.43. The molecule has 2 aromatic heterocycles. The predicted molar refractivity (Wildman–Crippen MR) is 133 cm³/mol. The van der Waals surface area contributed by atoms with Gasteiger partial charge in [-0.05, 0) is 73.1 Å². The number of hydrogen-bond acceptors (Lipinski definition) is 7. The van der Waals surface area contributed by atoms with Gasteiger partial charge in [0, 0.05) is 18.1 Å². The Morgan fingerprint density at radius 2 is 1.94 bits per heavy atom. The van der Waals surface area contributed by atoms with E-state index in [9.17, 15) is 9.59 Å². The number of hydrogen-bond donors (Lipinski definition) is 1. The van der Waals surface area contributed by atoms with Crippen LogP contribution in [0, 0.1) is 0 Å². The van der Waals surface area contributed by atoms with Crippen LogP contribution < -0.4 is 10.1 Å². The summed E-state index contributed by atoms with van der Waals surface area (Å²) in [4.78, 5) is 33.8. The molecule has 1 aliphatic heterocycles. The number of carbonyl (C=O) groups excluding carboxylic acids is 2. The van der Waals surface area contributed by atoms with Crippen LogP contribution in [0.15, 0.2) is 76.8 Å². The van der Waals surface area contributed by atoms with Gasteiger partial charge in [0.25, 0.3) is 5.24 Å². The van der Waals surface area contributed by atoms with E-state index in [1.165, 1.54) is 0 Å². The van der Waals surface area contributed by atoms with E-state index in [0.717, 1.165) is 44.1 Å². The van der Waals surface area contributed by atoms with E-state index in [2.05, 4.69) is 22.4 Å². The molecule has 1 saturated heterocycles. The maximum absolute atomic E-state index is 12.1. The van der Waals surface area contributed by atoms with Crippen LogP contribution >= 0.6 is 23.5 Å². The summed E-state index contributed by atoms with van der Waals surface area (Å²) in [7, 11) is 1.98. The molecule has 9 heteroatoms. The number of aromatic nitrogens is 3. The number of benzene rings is 2. The highest BCUT2D eigenvalue weighted by atomic mass is 32.2. The summed E-state index contributed by atoms with van der Waals surface area (Å²) in [6.07, 6.45) is 2.26. The van der Waals surface area contributed by atoms with Crippen LogP contribution in [0.4, 0.5) is 4.79 Å². The fraction of sp³-hybridized carbons (Fsp3) is 0.200. The molecule has 0 bridgehead atoms. The van der Waals surface area contributed by atoms with Crippen molar-refractivity contribution in [3.05, 3.63) is 78.2 Å². The van der Waals surface area contributed by atoms with Crippen LogP contribution in [-0.2, 0) is 24.9 Å². The Morgan fingerprint density at radius 1 is 1.12 bits per heavy atom. The molecular formula is C25H22N4O3S2. The van der Waals surface area contributed by atoms with Crippen molar-refractivity contribution >= 4 is 45.7 Å². The van der Waals surface area contributed by atoms with E-state index >= 15 is 0 Å². The first-order valence-corrected chi connectivity index (χ1v) is 12.3. The van der Waals surface area contributed by atoms with Crippen LogP contribution in [0.3, 0.4) is 0 Å². The van der Waals surface area contributed by atoms with Gasteiger partial charge in [-0.1, -0.05) is 30.0 Å². The molecule has 1 fully saturated rings. The van der Waals surface area contributed by atoms with Gasteiger partial charge in [0.15, 0.2) is 0 Å². The molecule has 5 rings (SSSR count).